The van der Waals surface area contributed by atoms with Gasteiger partial charge in [0.1, 0.15) is 28.8 Å². The van der Waals surface area contributed by atoms with Gasteiger partial charge in [0.25, 0.3) is 0 Å². The van der Waals surface area contributed by atoms with Crippen LogP contribution in [0.5, 0.6) is 11.5 Å². The van der Waals surface area contributed by atoms with Gasteiger partial charge in [-0.05, 0) is 25.1 Å². The third-order valence-electron chi connectivity index (χ3n) is 3.06. The number of carbonyl (C=O) groups is 1. The summed E-state index contributed by atoms with van der Waals surface area (Å²) in [5, 5.41) is 13.9. The van der Waals surface area contributed by atoms with Crippen molar-refractivity contribution in [2.45, 2.75) is 13.5 Å². The fourth-order valence-electron chi connectivity index (χ4n) is 1.92. The van der Waals surface area contributed by atoms with Crippen LogP contribution in [0.1, 0.15) is 21.6 Å². The van der Waals surface area contributed by atoms with Gasteiger partial charge in [-0.1, -0.05) is 11.6 Å². The number of hydrogen-bond donors (Lipinski definition) is 1. The Hall–Kier alpha value is -2.21. The number of aromatic nitrogens is 2. The van der Waals surface area contributed by atoms with Crippen molar-refractivity contribution in [2.24, 2.45) is 7.05 Å². The summed E-state index contributed by atoms with van der Waals surface area (Å²) in [6.45, 7) is 1.96. The summed E-state index contributed by atoms with van der Waals surface area (Å²) < 4.78 is 12.1. The average Bonchev–Trinajstić information content (AvgIpc) is 2.70. The first-order chi connectivity index (χ1) is 9.93. The van der Waals surface area contributed by atoms with Crippen molar-refractivity contribution in [3.8, 4) is 11.5 Å². The summed E-state index contributed by atoms with van der Waals surface area (Å²) in [6, 6.07) is 4.61. The molecule has 0 atom stereocenters. The van der Waals surface area contributed by atoms with Crippen LogP contribution in [0.15, 0.2) is 18.2 Å². The first-order valence-corrected chi connectivity index (χ1v) is 6.54. The maximum absolute atomic E-state index is 11.3. The fourth-order valence-corrected chi connectivity index (χ4v) is 2.15. The predicted octanol–water partition coefficient (Wildman–Crippen LogP) is 2.67. The van der Waals surface area contributed by atoms with Gasteiger partial charge in [0.05, 0.1) is 12.8 Å². The van der Waals surface area contributed by atoms with Gasteiger partial charge in [0.2, 0.25) is 0 Å². The van der Waals surface area contributed by atoms with Gasteiger partial charge in [0.15, 0.2) is 0 Å². The Bertz CT molecular complexity index is 682. The summed E-state index contributed by atoms with van der Waals surface area (Å²) in [5.41, 5.74) is 1.51. The Morgan fingerprint density at radius 2 is 2.19 bits per heavy atom. The number of rotatable bonds is 5. The van der Waals surface area contributed by atoms with Crippen LogP contribution in [0.3, 0.4) is 0 Å². The molecule has 1 heterocycles. The van der Waals surface area contributed by atoms with Crippen LogP contribution in [-0.4, -0.2) is 28.0 Å². The topological polar surface area (TPSA) is 73.6 Å². The number of benzene rings is 1. The lowest BCUT2D eigenvalue weighted by Gasteiger charge is -2.10. The first-order valence-electron chi connectivity index (χ1n) is 6.16. The molecular formula is C14H15ClN2O4. The van der Waals surface area contributed by atoms with E-state index in [1.807, 2.05) is 6.92 Å². The number of halogens is 1. The number of methoxy groups -OCH3 is 1. The molecule has 0 saturated carbocycles. The molecule has 0 saturated heterocycles. The number of carboxylic acid groups (broad SMARTS) is 1. The molecule has 1 aromatic heterocycles. The van der Waals surface area contributed by atoms with E-state index in [0.717, 1.165) is 11.3 Å². The largest absolute Gasteiger partial charge is 0.497 e. The van der Waals surface area contributed by atoms with Crippen LogP contribution in [0.25, 0.3) is 0 Å². The molecule has 21 heavy (non-hydrogen) atoms. The summed E-state index contributed by atoms with van der Waals surface area (Å²) in [5.74, 6) is -0.379. The van der Waals surface area contributed by atoms with Crippen LogP contribution in [0.2, 0.25) is 5.15 Å². The molecule has 1 N–H and O–H groups in total. The van der Waals surface area contributed by atoms with Gasteiger partial charge >= 0.3 is 5.97 Å². The third-order valence-corrected chi connectivity index (χ3v) is 3.53. The second kappa shape index (κ2) is 6.05. The fraction of sp³-hybridized carbons (Fsp3) is 0.286. The molecule has 6 nitrogen and oxygen atoms in total. The third kappa shape index (κ3) is 3.11. The van der Waals surface area contributed by atoms with Crippen molar-refractivity contribution in [2.75, 3.05) is 7.11 Å². The van der Waals surface area contributed by atoms with E-state index in [4.69, 9.17) is 21.1 Å². The molecule has 2 rings (SSSR count). The zero-order valence-electron chi connectivity index (χ0n) is 11.9. The highest BCUT2D eigenvalue weighted by molar-refractivity contribution is 6.30. The Labute approximate surface area is 126 Å². The minimum atomic E-state index is -1.09. The Morgan fingerprint density at radius 1 is 1.48 bits per heavy atom. The van der Waals surface area contributed by atoms with Crippen molar-refractivity contribution in [3.05, 3.63) is 40.2 Å². The van der Waals surface area contributed by atoms with E-state index in [9.17, 15) is 9.90 Å². The summed E-state index contributed by atoms with van der Waals surface area (Å²) in [4.78, 5) is 11.3. The van der Waals surface area contributed by atoms with Crippen LogP contribution in [0.4, 0.5) is 0 Å². The van der Waals surface area contributed by atoms with Gasteiger partial charge in [-0.15, -0.1) is 0 Å². The van der Waals surface area contributed by atoms with E-state index in [1.54, 1.807) is 23.9 Å². The maximum atomic E-state index is 11.3. The summed E-state index contributed by atoms with van der Waals surface area (Å²) >= 11 is 6.11. The SMILES string of the molecule is COc1ccc(OCc2c(C)nn(C)c2Cl)c(C(=O)O)c1. The molecule has 0 amide bonds. The number of nitrogens with zero attached hydrogens (tertiary/aromatic N) is 2. The highest BCUT2D eigenvalue weighted by Gasteiger charge is 2.16. The van der Waals surface area contributed by atoms with Crippen LogP contribution >= 0.6 is 11.6 Å². The average molecular weight is 311 g/mol. The van der Waals surface area contributed by atoms with E-state index >= 15 is 0 Å². The van der Waals surface area contributed by atoms with Crippen LogP contribution in [-0.2, 0) is 13.7 Å². The minimum absolute atomic E-state index is 0.0343. The highest BCUT2D eigenvalue weighted by atomic mass is 35.5. The van der Waals surface area contributed by atoms with Crippen molar-refractivity contribution >= 4 is 17.6 Å². The highest BCUT2D eigenvalue weighted by Crippen LogP contribution is 2.27. The maximum Gasteiger partial charge on any atom is 0.339 e. The summed E-state index contributed by atoms with van der Waals surface area (Å²) in [6.07, 6.45) is 0. The molecule has 1 aromatic carbocycles. The normalized spacial score (nSPS) is 10.5. The lowest BCUT2D eigenvalue weighted by molar-refractivity contribution is 0.0691. The number of carboxylic acids is 1. The standard InChI is InChI=1S/C14H15ClN2O4/c1-8-11(13(15)17(2)16-8)7-21-12-5-4-9(20-3)6-10(12)14(18)19/h4-6H,7H2,1-3H3,(H,18,19). The quantitative estimate of drug-likeness (QED) is 0.919. The molecule has 0 fully saturated rings. The molecule has 0 bridgehead atoms. The van der Waals surface area contributed by atoms with Gasteiger partial charge < -0.3 is 14.6 Å². The molecule has 0 aliphatic rings. The molecule has 112 valence electrons. The van der Waals surface area contributed by atoms with Crippen molar-refractivity contribution < 1.29 is 19.4 Å². The second-order valence-corrected chi connectivity index (χ2v) is 4.79. The Kier molecular flexibility index (Phi) is 4.37. The smallest absolute Gasteiger partial charge is 0.339 e. The molecule has 0 radical (unpaired) electrons. The van der Waals surface area contributed by atoms with E-state index in [0.29, 0.717) is 10.9 Å². The zero-order valence-corrected chi connectivity index (χ0v) is 12.6. The monoisotopic (exact) mass is 310 g/mol. The van der Waals surface area contributed by atoms with E-state index in [1.165, 1.54) is 13.2 Å². The molecule has 0 aliphatic carbocycles. The van der Waals surface area contributed by atoms with Gasteiger partial charge in [-0.25, -0.2) is 4.79 Å². The predicted molar refractivity (Wildman–Crippen MR) is 77.2 cm³/mol. The van der Waals surface area contributed by atoms with E-state index < -0.39 is 5.97 Å². The van der Waals surface area contributed by atoms with Crippen LogP contribution in [0, 0.1) is 6.92 Å². The number of hydrogen-bond acceptors (Lipinski definition) is 4. The minimum Gasteiger partial charge on any atom is -0.497 e. The first kappa shape index (κ1) is 15.2. The molecule has 0 aliphatic heterocycles. The van der Waals surface area contributed by atoms with Crippen LogP contribution < -0.4 is 9.47 Å². The number of ether oxygens (including phenoxy) is 2. The van der Waals surface area contributed by atoms with Crippen molar-refractivity contribution in [1.29, 1.82) is 0 Å². The van der Waals surface area contributed by atoms with Crippen molar-refractivity contribution in [3.63, 3.8) is 0 Å². The lowest BCUT2D eigenvalue weighted by atomic mass is 10.2. The Balaban J connectivity index is 2.25. The van der Waals surface area contributed by atoms with Crippen molar-refractivity contribution in [1.82, 2.24) is 9.78 Å². The Morgan fingerprint density at radius 3 is 2.71 bits per heavy atom. The number of aryl methyl sites for hydroxylation is 2. The summed E-state index contributed by atoms with van der Waals surface area (Å²) in [7, 11) is 3.20. The molecule has 7 heteroatoms. The molecular weight excluding hydrogens is 296 g/mol. The van der Waals surface area contributed by atoms with E-state index in [-0.39, 0.29) is 17.9 Å². The molecule has 2 aromatic rings. The molecule has 0 spiro atoms. The zero-order chi connectivity index (χ0) is 15.6. The lowest BCUT2D eigenvalue weighted by Crippen LogP contribution is -2.04. The number of aromatic carboxylic acids is 1. The van der Waals surface area contributed by atoms with Gasteiger partial charge in [-0.2, -0.15) is 5.10 Å². The second-order valence-electron chi connectivity index (χ2n) is 4.43. The van der Waals surface area contributed by atoms with E-state index in [2.05, 4.69) is 5.10 Å². The molecule has 0 unspecified atom stereocenters. The van der Waals surface area contributed by atoms with Gasteiger partial charge in [-0.3, -0.25) is 4.68 Å². The van der Waals surface area contributed by atoms with Gasteiger partial charge in [0, 0.05) is 12.6 Å².